The molecule has 1 aromatic carbocycles. The Bertz CT molecular complexity index is 307. The molecule has 0 aliphatic rings. The first-order valence-corrected chi connectivity index (χ1v) is 4.39. The van der Waals surface area contributed by atoms with Crippen LogP contribution in [0.4, 0.5) is 0 Å². The van der Waals surface area contributed by atoms with Crippen molar-refractivity contribution in [1.29, 1.82) is 0 Å². The van der Waals surface area contributed by atoms with E-state index in [-0.39, 0.29) is 11.8 Å². The van der Waals surface area contributed by atoms with Gasteiger partial charge in [-0.25, -0.2) is 0 Å². The van der Waals surface area contributed by atoms with Crippen molar-refractivity contribution >= 4 is 0 Å². The highest BCUT2D eigenvalue weighted by atomic mass is 16.3. The van der Waals surface area contributed by atoms with Crippen molar-refractivity contribution in [2.45, 2.75) is 19.4 Å². The summed E-state index contributed by atoms with van der Waals surface area (Å²) in [6.07, 6.45) is 2.56. The van der Waals surface area contributed by atoms with Crippen molar-refractivity contribution in [2.75, 3.05) is 0 Å². The quantitative estimate of drug-likeness (QED) is 0.695. The van der Waals surface area contributed by atoms with Gasteiger partial charge in [-0.1, -0.05) is 25.1 Å². The standard InChI is InChI=1S/C11H15NO/c1-3-8-5-6-11(13)9(7-8)10(12)4-2/h4-7,10,13H,2-3,12H2,1H3. The number of aromatic hydroxyl groups is 1. The van der Waals surface area contributed by atoms with E-state index < -0.39 is 0 Å². The van der Waals surface area contributed by atoms with Gasteiger partial charge in [0, 0.05) is 5.56 Å². The van der Waals surface area contributed by atoms with E-state index in [1.165, 1.54) is 5.56 Å². The van der Waals surface area contributed by atoms with Crippen LogP contribution in [0, 0.1) is 0 Å². The average molecular weight is 177 g/mol. The van der Waals surface area contributed by atoms with Crippen molar-refractivity contribution in [2.24, 2.45) is 5.73 Å². The van der Waals surface area contributed by atoms with Crippen molar-refractivity contribution in [3.05, 3.63) is 42.0 Å². The number of nitrogens with two attached hydrogens (primary N) is 1. The van der Waals surface area contributed by atoms with Crippen molar-refractivity contribution in [1.82, 2.24) is 0 Å². The lowest BCUT2D eigenvalue weighted by Crippen LogP contribution is -2.07. The van der Waals surface area contributed by atoms with Gasteiger partial charge in [-0.05, 0) is 18.1 Å². The fourth-order valence-corrected chi connectivity index (χ4v) is 1.22. The van der Waals surface area contributed by atoms with Crippen LogP contribution in [0.5, 0.6) is 5.75 Å². The molecule has 2 heteroatoms. The maximum Gasteiger partial charge on any atom is 0.120 e. The third-order valence-corrected chi connectivity index (χ3v) is 2.11. The molecule has 0 fully saturated rings. The Hall–Kier alpha value is -1.28. The second-order valence-corrected chi connectivity index (χ2v) is 3.01. The van der Waals surface area contributed by atoms with Gasteiger partial charge in [-0.15, -0.1) is 6.58 Å². The molecular weight excluding hydrogens is 162 g/mol. The van der Waals surface area contributed by atoms with Gasteiger partial charge >= 0.3 is 0 Å². The Morgan fingerprint density at radius 1 is 1.62 bits per heavy atom. The summed E-state index contributed by atoms with van der Waals surface area (Å²) in [5, 5.41) is 9.50. The van der Waals surface area contributed by atoms with Gasteiger partial charge in [-0.2, -0.15) is 0 Å². The van der Waals surface area contributed by atoms with E-state index in [4.69, 9.17) is 5.73 Å². The van der Waals surface area contributed by atoms with E-state index in [0.29, 0.717) is 0 Å². The topological polar surface area (TPSA) is 46.2 Å². The SMILES string of the molecule is C=CC(N)c1cc(CC)ccc1O. The Labute approximate surface area is 78.7 Å². The molecule has 0 saturated carbocycles. The number of aryl methyl sites for hydroxylation is 1. The summed E-state index contributed by atoms with van der Waals surface area (Å²) in [5.74, 6) is 0.240. The van der Waals surface area contributed by atoms with Crippen LogP contribution in [0.1, 0.15) is 24.1 Å². The summed E-state index contributed by atoms with van der Waals surface area (Å²) < 4.78 is 0. The largest absolute Gasteiger partial charge is 0.508 e. The van der Waals surface area contributed by atoms with Crippen LogP contribution in [0.25, 0.3) is 0 Å². The number of benzene rings is 1. The molecule has 0 aliphatic heterocycles. The minimum atomic E-state index is -0.286. The van der Waals surface area contributed by atoms with Gasteiger partial charge in [-0.3, -0.25) is 0 Å². The predicted molar refractivity (Wildman–Crippen MR) is 54.6 cm³/mol. The van der Waals surface area contributed by atoms with Crippen LogP contribution in [0.15, 0.2) is 30.9 Å². The van der Waals surface area contributed by atoms with E-state index >= 15 is 0 Å². The molecule has 1 unspecified atom stereocenters. The molecule has 0 heterocycles. The highest BCUT2D eigenvalue weighted by molar-refractivity contribution is 5.39. The average Bonchev–Trinajstić information content (AvgIpc) is 2.17. The maximum atomic E-state index is 9.50. The molecule has 1 atom stereocenters. The van der Waals surface area contributed by atoms with Crippen LogP contribution in [0.2, 0.25) is 0 Å². The zero-order valence-electron chi connectivity index (χ0n) is 7.83. The lowest BCUT2D eigenvalue weighted by molar-refractivity contribution is 0.465. The minimum absolute atomic E-state index is 0.240. The van der Waals surface area contributed by atoms with E-state index in [0.717, 1.165) is 12.0 Å². The third kappa shape index (κ3) is 2.10. The predicted octanol–water partition coefficient (Wildman–Crippen LogP) is 2.14. The third-order valence-electron chi connectivity index (χ3n) is 2.11. The Balaban J connectivity index is 3.10. The first kappa shape index (κ1) is 9.81. The summed E-state index contributed by atoms with van der Waals surface area (Å²) >= 11 is 0. The minimum Gasteiger partial charge on any atom is -0.508 e. The van der Waals surface area contributed by atoms with Crippen molar-refractivity contribution < 1.29 is 5.11 Å². The lowest BCUT2D eigenvalue weighted by atomic mass is 10.0. The van der Waals surface area contributed by atoms with E-state index in [2.05, 4.69) is 13.5 Å². The number of rotatable bonds is 3. The van der Waals surface area contributed by atoms with Gasteiger partial charge in [0.2, 0.25) is 0 Å². The summed E-state index contributed by atoms with van der Waals surface area (Å²) in [6.45, 7) is 5.66. The van der Waals surface area contributed by atoms with Crippen LogP contribution in [-0.2, 0) is 6.42 Å². The normalized spacial score (nSPS) is 12.5. The molecule has 0 spiro atoms. The van der Waals surface area contributed by atoms with Crippen LogP contribution >= 0.6 is 0 Å². The molecule has 0 aromatic heterocycles. The van der Waals surface area contributed by atoms with Crippen molar-refractivity contribution in [3.63, 3.8) is 0 Å². The molecule has 2 nitrogen and oxygen atoms in total. The molecule has 70 valence electrons. The van der Waals surface area contributed by atoms with Crippen molar-refractivity contribution in [3.8, 4) is 5.75 Å². The molecule has 0 aliphatic carbocycles. The smallest absolute Gasteiger partial charge is 0.120 e. The van der Waals surface area contributed by atoms with Crippen LogP contribution in [0.3, 0.4) is 0 Å². The highest BCUT2D eigenvalue weighted by Crippen LogP contribution is 2.24. The van der Waals surface area contributed by atoms with Gasteiger partial charge in [0.25, 0.3) is 0 Å². The first-order valence-electron chi connectivity index (χ1n) is 4.39. The summed E-state index contributed by atoms with van der Waals surface area (Å²) in [6, 6.07) is 5.21. The summed E-state index contributed by atoms with van der Waals surface area (Å²) in [4.78, 5) is 0. The molecule has 1 aromatic rings. The molecule has 1 rings (SSSR count). The lowest BCUT2D eigenvalue weighted by Gasteiger charge is -2.10. The summed E-state index contributed by atoms with van der Waals surface area (Å²) in [7, 11) is 0. The second kappa shape index (κ2) is 4.10. The molecule has 0 bridgehead atoms. The van der Waals surface area contributed by atoms with Gasteiger partial charge in [0.05, 0.1) is 6.04 Å². The summed E-state index contributed by atoms with van der Waals surface area (Å²) in [5.41, 5.74) is 7.66. The molecular formula is C11H15NO. The van der Waals surface area contributed by atoms with E-state index in [9.17, 15) is 5.11 Å². The number of phenols is 1. The number of hydrogen-bond donors (Lipinski definition) is 2. The Kier molecular flexibility index (Phi) is 3.09. The van der Waals surface area contributed by atoms with E-state index in [1.54, 1.807) is 12.1 Å². The zero-order valence-corrected chi connectivity index (χ0v) is 7.83. The Morgan fingerprint density at radius 3 is 2.85 bits per heavy atom. The second-order valence-electron chi connectivity index (χ2n) is 3.01. The number of hydrogen-bond acceptors (Lipinski definition) is 2. The Morgan fingerprint density at radius 2 is 2.31 bits per heavy atom. The maximum absolute atomic E-state index is 9.50. The molecule has 3 N–H and O–H groups in total. The fraction of sp³-hybridized carbons (Fsp3) is 0.273. The van der Waals surface area contributed by atoms with Crippen LogP contribution < -0.4 is 5.73 Å². The molecule has 0 amide bonds. The zero-order chi connectivity index (χ0) is 9.84. The van der Waals surface area contributed by atoms with E-state index in [1.807, 2.05) is 12.1 Å². The van der Waals surface area contributed by atoms with Gasteiger partial charge < -0.3 is 10.8 Å². The highest BCUT2D eigenvalue weighted by Gasteiger charge is 2.07. The monoisotopic (exact) mass is 177 g/mol. The molecule has 0 saturated heterocycles. The van der Waals surface area contributed by atoms with Gasteiger partial charge in [0.1, 0.15) is 5.75 Å². The molecule has 0 radical (unpaired) electrons. The fourth-order valence-electron chi connectivity index (χ4n) is 1.22. The van der Waals surface area contributed by atoms with Gasteiger partial charge in [0.15, 0.2) is 0 Å². The molecule has 13 heavy (non-hydrogen) atoms. The first-order chi connectivity index (χ1) is 6.19. The van der Waals surface area contributed by atoms with Crippen LogP contribution in [-0.4, -0.2) is 5.11 Å². The number of phenolic OH excluding ortho intramolecular Hbond substituents is 1.